The van der Waals surface area contributed by atoms with Crippen LogP contribution >= 0.6 is 0 Å². The Morgan fingerprint density at radius 1 is 1.00 bits per heavy atom. The number of rotatable bonds is 10. The van der Waals surface area contributed by atoms with Gasteiger partial charge in [0.25, 0.3) is 0 Å². The van der Waals surface area contributed by atoms with E-state index in [9.17, 15) is 18.3 Å². The molecule has 1 unspecified atom stereocenters. The number of aliphatic carboxylic acids is 1. The molecular weight excluding hydrogens is 414 g/mol. The van der Waals surface area contributed by atoms with Gasteiger partial charge < -0.3 is 10.4 Å². The summed E-state index contributed by atoms with van der Waals surface area (Å²) in [5.41, 5.74) is 3.87. The monoisotopic (exact) mass is 439 g/mol. The average molecular weight is 440 g/mol. The first-order valence-corrected chi connectivity index (χ1v) is 11.6. The number of nitrogens with zero attached hydrogens (tertiary/aromatic N) is 1. The number of sulfonamides is 1. The predicted octanol–water partition coefficient (Wildman–Crippen LogP) is 3.30. The first-order valence-electron chi connectivity index (χ1n) is 9.92. The zero-order valence-electron chi connectivity index (χ0n) is 17.2. The molecule has 3 rings (SSSR count). The summed E-state index contributed by atoms with van der Waals surface area (Å²) in [6.45, 7) is 2.11. The van der Waals surface area contributed by atoms with Gasteiger partial charge in [0.15, 0.2) is 0 Å². The van der Waals surface area contributed by atoms with Crippen molar-refractivity contribution in [3.05, 3.63) is 84.1 Å². The standard InChI is InChI=1S/C23H25N3O4S/c1-2-31(29,30)26-21(23(27)28)15-17-9-11-19(12-10-17)20-7-5-6-18(14-20)16-25-22-8-3-4-13-24-22/h3-14,21,26H,2,15-16H2,1H3,(H,24,25)(H,27,28). The van der Waals surface area contributed by atoms with E-state index in [4.69, 9.17) is 0 Å². The minimum atomic E-state index is -3.61. The molecule has 1 heterocycles. The van der Waals surface area contributed by atoms with Crippen molar-refractivity contribution in [3.63, 3.8) is 0 Å². The number of pyridine rings is 1. The first-order chi connectivity index (χ1) is 14.9. The van der Waals surface area contributed by atoms with Crippen LogP contribution in [-0.2, 0) is 27.8 Å². The molecule has 0 saturated heterocycles. The van der Waals surface area contributed by atoms with E-state index in [1.807, 2.05) is 60.7 Å². The summed E-state index contributed by atoms with van der Waals surface area (Å²) in [6, 6.07) is 20.1. The molecule has 2 aromatic carbocycles. The topological polar surface area (TPSA) is 108 Å². The van der Waals surface area contributed by atoms with Crippen molar-refractivity contribution in [3.8, 4) is 11.1 Å². The van der Waals surface area contributed by atoms with E-state index in [0.717, 1.165) is 28.1 Å². The highest BCUT2D eigenvalue weighted by molar-refractivity contribution is 7.89. The second-order valence-corrected chi connectivity index (χ2v) is 9.12. The van der Waals surface area contributed by atoms with Crippen LogP contribution in [0.5, 0.6) is 0 Å². The molecule has 162 valence electrons. The zero-order chi connectivity index (χ0) is 22.3. The first kappa shape index (κ1) is 22.5. The second-order valence-electron chi connectivity index (χ2n) is 7.08. The molecule has 0 aliphatic heterocycles. The Morgan fingerprint density at radius 3 is 2.42 bits per heavy atom. The fourth-order valence-corrected chi connectivity index (χ4v) is 3.85. The third kappa shape index (κ3) is 6.63. The van der Waals surface area contributed by atoms with E-state index in [2.05, 4.69) is 21.1 Å². The summed E-state index contributed by atoms with van der Waals surface area (Å²) in [6.07, 6.45) is 1.81. The van der Waals surface area contributed by atoms with Gasteiger partial charge in [-0.15, -0.1) is 0 Å². The smallest absolute Gasteiger partial charge is 0.322 e. The van der Waals surface area contributed by atoms with Gasteiger partial charge in [0.2, 0.25) is 10.0 Å². The fourth-order valence-electron chi connectivity index (χ4n) is 3.07. The van der Waals surface area contributed by atoms with E-state index in [0.29, 0.717) is 6.54 Å². The van der Waals surface area contributed by atoms with E-state index >= 15 is 0 Å². The molecule has 0 aliphatic carbocycles. The van der Waals surface area contributed by atoms with E-state index < -0.39 is 22.0 Å². The molecule has 3 N–H and O–H groups in total. The number of carboxylic acid groups (broad SMARTS) is 1. The highest BCUT2D eigenvalue weighted by atomic mass is 32.2. The molecule has 1 atom stereocenters. The SMILES string of the molecule is CCS(=O)(=O)NC(Cc1ccc(-c2cccc(CNc3ccccn3)c2)cc1)C(=O)O. The number of carboxylic acids is 1. The quantitative estimate of drug-likeness (QED) is 0.447. The summed E-state index contributed by atoms with van der Waals surface area (Å²) < 4.78 is 25.7. The zero-order valence-corrected chi connectivity index (χ0v) is 18.0. The van der Waals surface area contributed by atoms with Gasteiger partial charge in [-0.25, -0.2) is 18.1 Å². The maximum atomic E-state index is 11.7. The second kappa shape index (κ2) is 10.2. The van der Waals surface area contributed by atoms with Crippen LogP contribution in [0.3, 0.4) is 0 Å². The van der Waals surface area contributed by atoms with Crippen LogP contribution in [0.15, 0.2) is 72.9 Å². The minimum Gasteiger partial charge on any atom is -0.480 e. The van der Waals surface area contributed by atoms with Gasteiger partial charge in [0.1, 0.15) is 11.9 Å². The van der Waals surface area contributed by atoms with Crippen molar-refractivity contribution >= 4 is 21.8 Å². The van der Waals surface area contributed by atoms with Gasteiger partial charge in [-0.3, -0.25) is 4.79 Å². The number of carbonyl (C=O) groups is 1. The van der Waals surface area contributed by atoms with Gasteiger partial charge >= 0.3 is 5.97 Å². The fraction of sp³-hybridized carbons (Fsp3) is 0.217. The van der Waals surface area contributed by atoms with Gasteiger partial charge in [0.05, 0.1) is 5.75 Å². The van der Waals surface area contributed by atoms with Gasteiger partial charge in [-0.1, -0.05) is 48.5 Å². The highest BCUT2D eigenvalue weighted by Gasteiger charge is 2.23. The molecule has 0 spiro atoms. The van der Waals surface area contributed by atoms with Crippen LogP contribution < -0.4 is 10.0 Å². The lowest BCUT2D eigenvalue weighted by atomic mass is 9.99. The van der Waals surface area contributed by atoms with Gasteiger partial charge in [-0.05, 0) is 53.8 Å². The lowest BCUT2D eigenvalue weighted by Gasteiger charge is -2.14. The third-order valence-corrected chi connectivity index (χ3v) is 6.20. The Morgan fingerprint density at radius 2 is 1.77 bits per heavy atom. The number of benzene rings is 2. The summed E-state index contributed by atoms with van der Waals surface area (Å²) in [5, 5.41) is 12.6. The molecule has 1 aromatic heterocycles. The van der Waals surface area contributed by atoms with Crippen LogP contribution in [0.2, 0.25) is 0 Å². The number of hydrogen-bond donors (Lipinski definition) is 3. The third-order valence-electron chi connectivity index (χ3n) is 4.79. The summed E-state index contributed by atoms with van der Waals surface area (Å²) in [7, 11) is -3.61. The van der Waals surface area contributed by atoms with Crippen molar-refractivity contribution < 1.29 is 18.3 Å². The molecule has 0 amide bonds. The summed E-state index contributed by atoms with van der Waals surface area (Å²) >= 11 is 0. The van der Waals surface area contributed by atoms with Crippen molar-refractivity contribution in [1.82, 2.24) is 9.71 Å². The summed E-state index contributed by atoms with van der Waals surface area (Å²) in [4.78, 5) is 15.7. The van der Waals surface area contributed by atoms with Crippen LogP contribution in [0.25, 0.3) is 11.1 Å². The van der Waals surface area contributed by atoms with Crippen LogP contribution in [0.1, 0.15) is 18.1 Å². The minimum absolute atomic E-state index is 0.0723. The van der Waals surface area contributed by atoms with Crippen molar-refractivity contribution in [2.45, 2.75) is 25.9 Å². The molecule has 8 heteroatoms. The maximum absolute atomic E-state index is 11.7. The molecular formula is C23H25N3O4S. The Kier molecular flexibility index (Phi) is 7.38. The molecule has 31 heavy (non-hydrogen) atoms. The Labute approximate surface area is 182 Å². The predicted molar refractivity (Wildman–Crippen MR) is 121 cm³/mol. The number of aromatic nitrogens is 1. The number of anilines is 1. The molecule has 0 aliphatic rings. The van der Waals surface area contributed by atoms with Crippen molar-refractivity contribution in [1.29, 1.82) is 0 Å². The normalized spacial score (nSPS) is 12.3. The maximum Gasteiger partial charge on any atom is 0.322 e. The number of hydrogen-bond acceptors (Lipinski definition) is 5. The Hall–Kier alpha value is -3.23. The summed E-state index contributed by atoms with van der Waals surface area (Å²) in [5.74, 6) is -0.556. The largest absolute Gasteiger partial charge is 0.480 e. The van der Waals surface area contributed by atoms with Crippen molar-refractivity contribution in [2.24, 2.45) is 0 Å². The Bertz CT molecular complexity index is 1120. The van der Waals surface area contributed by atoms with Crippen molar-refractivity contribution in [2.75, 3.05) is 11.1 Å². The average Bonchev–Trinajstić information content (AvgIpc) is 2.78. The van der Waals surface area contributed by atoms with Gasteiger partial charge in [-0.2, -0.15) is 0 Å². The van der Waals surface area contributed by atoms with Crippen LogP contribution in [-0.4, -0.2) is 36.3 Å². The molecule has 0 bridgehead atoms. The van der Waals surface area contributed by atoms with Crippen LogP contribution in [0.4, 0.5) is 5.82 Å². The molecule has 0 radical (unpaired) electrons. The van der Waals surface area contributed by atoms with E-state index in [1.165, 1.54) is 6.92 Å². The van der Waals surface area contributed by atoms with Gasteiger partial charge in [0, 0.05) is 12.7 Å². The van der Waals surface area contributed by atoms with Crippen LogP contribution in [0, 0.1) is 0 Å². The Balaban J connectivity index is 1.68. The number of nitrogens with one attached hydrogen (secondary N) is 2. The highest BCUT2D eigenvalue weighted by Crippen LogP contribution is 2.22. The molecule has 0 saturated carbocycles. The lowest BCUT2D eigenvalue weighted by molar-refractivity contribution is -0.138. The lowest BCUT2D eigenvalue weighted by Crippen LogP contribution is -2.42. The molecule has 3 aromatic rings. The molecule has 7 nitrogen and oxygen atoms in total. The van der Waals surface area contributed by atoms with E-state index in [-0.39, 0.29) is 12.2 Å². The van der Waals surface area contributed by atoms with E-state index in [1.54, 1.807) is 6.20 Å². The molecule has 0 fully saturated rings.